The van der Waals surface area contributed by atoms with Crippen molar-refractivity contribution in [3.05, 3.63) is 76.6 Å². The molecule has 1 heterocycles. The quantitative estimate of drug-likeness (QED) is 0.426. The van der Waals surface area contributed by atoms with Gasteiger partial charge in [0.05, 0.1) is 11.4 Å². The average molecular weight is 408 g/mol. The number of nitriles is 1. The van der Waals surface area contributed by atoms with Crippen molar-refractivity contribution in [2.45, 2.75) is 0 Å². The van der Waals surface area contributed by atoms with Crippen molar-refractivity contribution >= 4 is 40.8 Å². The van der Waals surface area contributed by atoms with E-state index in [4.69, 9.17) is 16.3 Å². The molecule has 7 heteroatoms. The van der Waals surface area contributed by atoms with E-state index in [9.17, 15) is 14.9 Å². The highest BCUT2D eigenvalue weighted by Gasteiger charge is 2.31. The van der Waals surface area contributed by atoms with Crippen molar-refractivity contribution in [1.29, 1.82) is 5.26 Å². The first kappa shape index (κ1) is 20.2. The molecular weight excluding hydrogens is 390 g/mol. The number of carbonyl (C=O) groups excluding carboxylic acids is 2. The fourth-order valence-corrected chi connectivity index (χ4v) is 3.18. The van der Waals surface area contributed by atoms with E-state index >= 15 is 0 Å². The Hall–Kier alpha value is -3.56. The smallest absolute Gasteiger partial charge is 0.331 e. The molecule has 0 unspecified atom stereocenters. The number of benzene rings is 2. The summed E-state index contributed by atoms with van der Waals surface area (Å²) < 4.78 is 5.02. The van der Waals surface area contributed by atoms with E-state index < -0.39 is 18.4 Å². The van der Waals surface area contributed by atoms with Crippen LogP contribution in [0.25, 0.3) is 6.08 Å². The number of fused-ring (bicyclic) bond motifs is 1. The number of carbonyl (C=O) groups is 2. The zero-order valence-corrected chi connectivity index (χ0v) is 16.7. The van der Waals surface area contributed by atoms with Crippen molar-refractivity contribution in [2.75, 3.05) is 30.5 Å². The number of rotatable bonds is 5. The van der Waals surface area contributed by atoms with Gasteiger partial charge in [0.25, 0.3) is 0 Å². The zero-order chi connectivity index (χ0) is 21.0. The average Bonchev–Trinajstić information content (AvgIpc) is 2.98. The van der Waals surface area contributed by atoms with Crippen LogP contribution in [0.4, 0.5) is 11.4 Å². The Balaban J connectivity index is 1.69. The topological polar surface area (TPSA) is 73.6 Å². The summed E-state index contributed by atoms with van der Waals surface area (Å²) >= 11 is 5.82. The van der Waals surface area contributed by atoms with Gasteiger partial charge in [-0.05, 0) is 35.9 Å². The number of hydrogen-bond donors (Lipinski definition) is 0. The molecule has 0 saturated heterocycles. The van der Waals surface area contributed by atoms with Gasteiger partial charge in [0, 0.05) is 25.2 Å². The predicted octanol–water partition coefficient (Wildman–Crippen LogP) is 3.79. The first-order chi connectivity index (χ1) is 13.9. The van der Waals surface area contributed by atoms with Crippen LogP contribution < -0.4 is 9.80 Å². The van der Waals surface area contributed by atoms with Crippen LogP contribution in [0.1, 0.15) is 5.56 Å². The standard InChI is InChI=1S/C22H18ClN3O3/c1-25-18-5-3-4-6-19(18)26(2)22(25)17(13-24)20(27)14-29-21(28)12-9-15-7-10-16(23)11-8-15/h3-12H,14H2,1-2H3/b12-9+. The number of ketones is 1. The molecule has 0 atom stereocenters. The first-order valence-electron chi connectivity index (χ1n) is 8.77. The maximum Gasteiger partial charge on any atom is 0.331 e. The minimum atomic E-state index is -0.674. The van der Waals surface area contributed by atoms with E-state index in [1.54, 1.807) is 54.2 Å². The fourth-order valence-electron chi connectivity index (χ4n) is 3.05. The number of esters is 1. The molecule has 2 aromatic carbocycles. The lowest BCUT2D eigenvalue weighted by atomic mass is 10.2. The Labute approximate surface area is 173 Å². The predicted molar refractivity (Wildman–Crippen MR) is 112 cm³/mol. The van der Waals surface area contributed by atoms with Crippen LogP contribution in [-0.4, -0.2) is 32.5 Å². The van der Waals surface area contributed by atoms with Crippen LogP contribution >= 0.6 is 11.6 Å². The second-order valence-electron chi connectivity index (χ2n) is 6.33. The van der Waals surface area contributed by atoms with Crippen molar-refractivity contribution in [1.82, 2.24) is 0 Å². The zero-order valence-electron chi connectivity index (χ0n) is 15.9. The summed E-state index contributed by atoms with van der Waals surface area (Å²) in [6.45, 7) is -0.520. The van der Waals surface area contributed by atoms with Crippen molar-refractivity contribution in [3.63, 3.8) is 0 Å². The number of para-hydroxylation sites is 2. The monoisotopic (exact) mass is 407 g/mol. The Bertz CT molecular complexity index is 1020. The number of Topliss-reactive ketones (excluding diaryl/α,β-unsaturated/α-hetero) is 1. The van der Waals surface area contributed by atoms with Gasteiger partial charge in [0.1, 0.15) is 17.5 Å². The molecule has 0 spiro atoms. The van der Waals surface area contributed by atoms with E-state index in [-0.39, 0.29) is 5.57 Å². The second kappa shape index (κ2) is 8.63. The largest absolute Gasteiger partial charge is 0.454 e. The summed E-state index contributed by atoms with van der Waals surface area (Å²) in [5, 5.41) is 10.2. The van der Waals surface area contributed by atoms with Crippen LogP contribution in [-0.2, 0) is 14.3 Å². The summed E-state index contributed by atoms with van der Waals surface area (Å²) in [5.74, 6) is -0.791. The summed E-state index contributed by atoms with van der Waals surface area (Å²) in [5.41, 5.74) is 2.46. The molecule has 6 nitrogen and oxygen atoms in total. The van der Waals surface area contributed by atoms with Gasteiger partial charge < -0.3 is 14.5 Å². The normalized spacial score (nSPS) is 12.7. The molecule has 1 aliphatic rings. The highest BCUT2D eigenvalue weighted by molar-refractivity contribution is 6.30. The van der Waals surface area contributed by atoms with Crippen LogP contribution in [0.2, 0.25) is 5.02 Å². The lowest BCUT2D eigenvalue weighted by Crippen LogP contribution is -2.27. The molecule has 29 heavy (non-hydrogen) atoms. The summed E-state index contributed by atoms with van der Waals surface area (Å²) in [6.07, 6.45) is 2.78. The highest BCUT2D eigenvalue weighted by atomic mass is 35.5. The van der Waals surface area contributed by atoms with Gasteiger partial charge in [-0.25, -0.2) is 4.79 Å². The Morgan fingerprint density at radius 3 is 2.21 bits per heavy atom. The van der Waals surface area contributed by atoms with E-state index in [2.05, 4.69) is 0 Å². The van der Waals surface area contributed by atoms with Gasteiger partial charge >= 0.3 is 5.97 Å². The first-order valence-corrected chi connectivity index (χ1v) is 9.14. The number of halogens is 1. The second-order valence-corrected chi connectivity index (χ2v) is 6.77. The van der Waals surface area contributed by atoms with Crippen molar-refractivity contribution in [2.24, 2.45) is 0 Å². The number of hydrogen-bond acceptors (Lipinski definition) is 6. The fraction of sp³-hybridized carbons (Fsp3) is 0.136. The van der Waals surface area contributed by atoms with Gasteiger partial charge in [-0.3, -0.25) is 4.79 Å². The third-order valence-electron chi connectivity index (χ3n) is 4.48. The van der Waals surface area contributed by atoms with E-state index in [1.807, 2.05) is 30.3 Å². The molecule has 2 aromatic rings. The van der Waals surface area contributed by atoms with Crippen LogP contribution in [0, 0.1) is 11.3 Å². The molecule has 0 bridgehead atoms. The molecule has 0 saturated carbocycles. The van der Waals surface area contributed by atoms with Crippen LogP contribution in [0.3, 0.4) is 0 Å². The maximum absolute atomic E-state index is 12.6. The van der Waals surface area contributed by atoms with E-state index in [0.717, 1.165) is 16.9 Å². The van der Waals surface area contributed by atoms with E-state index in [1.165, 1.54) is 6.08 Å². The summed E-state index contributed by atoms with van der Waals surface area (Å²) in [6, 6.07) is 16.4. The molecule has 3 rings (SSSR count). The Morgan fingerprint density at radius 2 is 1.66 bits per heavy atom. The van der Waals surface area contributed by atoms with Gasteiger partial charge in [0.2, 0.25) is 5.78 Å². The SMILES string of the molecule is CN1C(=C(C#N)C(=O)COC(=O)/C=C/c2ccc(Cl)cc2)N(C)c2ccccc21. The van der Waals surface area contributed by atoms with Gasteiger partial charge in [-0.1, -0.05) is 35.9 Å². The Kier molecular flexibility index (Phi) is 6.01. The Morgan fingerprint density at radius 1 is 1.07 bits per heavy atom. The molecular formula is C22H18ClN3O3. The lowest BCUT2D eigenvalue weighted by Gasteiger charge is -2.19. The molecule has 1 aliphatic heterocycles. The minimum Gasteiger partial charge on any atom is -0.454 e. The third-order valence-corrected chi connectivity index (χ3v) is 4.73. The number of ether oxygens (including phenoxy) is 1. The number of anilines is 2. The lowest BCUT2D eigenvalue weighted by molar-refractivity contribution is -0.141. The maximum atomic E-state index is 12.6. The van der Waals surface area contributed by atoms with Gasteiger partial charge in [0.15, 0.2) is 6.61 Å². The molecule has 0 aromatic heterocycles. The molecule has 0 aliphatic carbocycles. The van der Waals surface area contributed by atoms with Gasteiger partial charge in [-0.15, -0.1) is 0 Å². The van der Waals surface area contributed by atoms with Crippen LogP contribution in [0.5, 0.6) is 0 Å². The highest BCUT2D eigenvalue weighted by Crippen LogP contribution is 2.40. The van der Waals surface area contributed by atoms with E-state index in [0.29, 0.717) is 10.8 Å². The van der Waals surface area contributed by atoms with Gasteiger partial charge in [-0.2, -0.15) is 5.26 Å². The molecule has 0 radical (unpaired) electrons. The minimum absolute atomic E-state index is 0.0688. The molecule has 0 amide bonds. The summed E-state index contributed by atoms with van der Waals surface area (Å²) in [7, 11) is 3.56. The van der Waals surface area contributed by atoms with Crippen molar-refractivity contribution in [3.8, 4) is 6.07 Å². The summed E-state index contributed by atoms with van der Waals surface area (Å²) in [4.78, 5) is 28.0. The molecule has 146 valence electrons. The third kappa shape index (κ3) is 4.31. The molecule has 0 fully saturated rings. The number of nitrogens with zero attached hydrogens (tertiary/aromatic N) is 3. The van der Waals surface area contributed by atoms with Crippen LogP contribution in [0.15, 0.2) is 66.0 Å². The molecule has 0 N–H and O–H groups in total. The van der Waals surface area contributed by atoms with Crippen molar-refractivity contribution < 1.29 is 14.3 Å².